The SMILES string of the molecule is CC(C)(C)NC(=O)NC(=O)Cn1cnc2ccc(Cl)cc2c1=O. The predicted octanol–water partition coefficient (Wildman–Crippen LogP) is 1.67. The summed E-state index contributed by atoms with van der Waals surface area (Å²) in [5.41, 5.74) is -0.381. The van der Waals surface area contributed by atoms with E-state index in [1.165, 1.54) is 12.4 Å². The fourth-order valence-electron chi connectivity index (χ4n) is 1.94. The van der Waals surface area contributed by atoms with E-state index in [0.717, 1.165) is 4.57 Å². The van der Waals surface area contributed by atoms with Crippen molar-refractivity contribution in [3.63, 3.8) is 0 Å². The molecule has 1 heterocycles. The van der Waals surface area contributed by atoms with Gasteiger partial charge in [0.2, 0.25) is 5.91 Å². The number of hydrogen-bond donors (Lipinski definition) is 2. The van der Waals surface area contributed by atoms with Crippen LogP contribution in [0.1, 0.15) is 20.8 Å². The Hall–Kier alpha value is -2.41. The number of amides is 3. The number of carbonyl (C=O) groups is 2. The summed E-state index contributed by atoms with van der Waals surface area (Å²) < 4.78 is 1.12. The van der Waals surface area contributed by atoms with E-state index >= 15 is 0 Å². The molecule has 1 aromatic carbocycles. The van der Waals surface area contributed by atoms with Crippen LogP contribution in [0.15, 0.2) is 29.3 Å². The quantitative estimate of drug-likeness (QED) is 0.872. The lowest BCUT2D eigenvalue weighted by Gasteiger charge is -2.20. The molecule has 0 saturated heterocycles. The summed E-state index contributed by atoms with van der Waals surface area (Å²) in [6.45, 7) is 5.06. The fourth-order valence-corrected chi connectivity index (χ4v) is 2.11. The molecule has 23 heavy (non-hydrogen) atoms. The lowest BCUT2D eigenvalue weighted by atomic mass is 10.1. The number of rotatable bonds is 2. The largest absolute Gasteiger partial charge is 0.333 e. The third-order valence-corrected chi connectivity index (χ3v) is 3.08. The molecule has 0 aliphatic carbocycles. The normalized spacial score (nSPS) is 11.3. The summed E-state index contributed by atoms with van der Waals surface area (Å²) >= 11 is 5.87. The minimum atomic E-state index is -0.618. The molecule has 7 nitrogen and oxygen atoms in total. The molecule has 0 spiro atoms. The first-order valence-corrected chi connectivity index (χ1v) is 7.30. The van der Waals surface area contributed by atoms with Crippen molar-refractivity contribution >= 4 is 34.4 Å². The number of imide groups is 1. The molecule has 2 aromatic rings. The van der Waals surface area contributed by atoms with E-state index in [2.05, 4.69) is 15.6 Å². The van der Waals surface area contributed by atoms with Crippen molar-refractivity contribution in [2.24, 2.45) is 0 Å². The van der Waals surface area contributed by atoms with Gasteiger partial charge in [-0.15, -0.1) is 0 Å². The Balaban J connectivity index is 2.16. The number of benzene rings is 1. The van der Waals surface area contributed by atoms with Gasteiger partial charge < -0.3 is 5.32 Å². The van der Waals surface area contributed by atoms with E-state index in [1.54, 1.807) is 32.9 Å². The van der Waals surface area contributed by atoms with Gasteiger partial charge in [-0.2, -0.15) is 0 Å². The summed E-state index contributed by atoms with van der Waals surface area (Å²) in [5, 5.41) is 5.48. The van der Waals surface area contributed by atoms with Crippen molar-refractivity contribution in [2.75, 3.05) is 0 Å². The number of carbonyl (C=O) groups excluding carboxylic acids is 2. The van der Waals surface area contributed by atoms with E-state index < -0.39 is 23.0 Å². The highest BCUT2D eigenvalue weighted by molar-refractivity contribution is 6.31. The maximum Gasteiger partial charge on any atom is 0.321 e. The van der Waals surface area contributed by atoms with Crippen LogP contribution >= 0.6 is 11.6 Å². The molecule has 1 aromatic heterocycles. The predicted molar refractivity (Wildman–Crippen MR) is 87.4 cm³/mol. The number of hydrogen-bond acceptors (Lipinski definition) is 4. The number of nitrogens with zero attached hydrogens (tertiary/aromatic N) is 2. The van der Waals surface area contributed by atoms with Crippen LogP contribution in [-0.2, 0) is 11.3 Å². The summed E-state index contributed by atoms with van der Waals surface area (Å²) in [4.78, 5) is 39.9. The number of nitrogens with one attached hydrogen (secondary N) is 2. The van der Waals surface area contributed by atoms with Crippen LogP contribution in [0.5, 0.6) is 0 Å². The lowest BCUT2D eigenvalue weighted by Crippen LogP contribution is -2.49. The molecule has 0 fully saturated rings. The highest BCUT2D eigenvalue weighted by atomic mass is 35.5. The average Bonchev–Trinajstić information content (AvgIpc) is 2.40. The van der Waals surface area contributed by atoms with Crippen molar-refractivity contribution in [2.45, 2.75) is 32.9 Å². The molecule has 0 bridgehead atoms. The molecule has 0 radical (unpaired) electrons. The van der Waals surface area contributed by atoms with E-state index in [4.69, 9.17) is 11.6 Å². The molecular weight excluding hydrogens is 320 g/mol. The zero-order chi connectivity index (χ0) is 17.2. The maximum absolute atomic E-state index is 12.3. The minimum Gasteiger partial charge on any atom is -0.333 e. The lowest BCUT2D eigenvalue weighted by molar-refractivity contribution is -0.120. The molecule has 0 saturated carbocycles. The number of aromatic nitrogens is 2. The third kappa shape index (κ3) is 4.53. The van der Waals surface area contributed by atoms with Crippen LogP contribution in [0.25, 0.3) is 10.9 Å². The second kappa shape index (κ2) is 6.37. The Labute approximate surface area is 137 Å². The molecule has 3 amide bonds. The zero-order valence-corrected chi connectivity index (χ0v) is 13.8. The number of urea groups is 1. The summed E-state index contributed by atoms with van der Waals surface area (Å²) in [6.07, 6.45) is 1.26. The van der Waals surface area contributed by atoms with Gasteiger partial charge >= 0.3 is 6.03 Å². The van der Waals surface area contributed by atoms with Gasteiger partial charge in [0.25, 0.3) is 5.56 Å². The molecular formula is C15H17ClN4O3. The van der Waals surface area contributed by atoms with Crippen LogP contribution in [0.4, 0.5) is 4.79 Å². The molecule has 0 atom stereocenters. The monoisotopic (exact) mass is 336 g/mol. The van der Waals surface area contributed by atoms with Crippen LogP contribution in [0.2, 0.25) is 5.02 Å². The van der Waals surface area contributed by atoms with Crippen molar-refractivity contribution in [1.82, 2.24) is 20.2 Å². The highest BCUT2D eigenvalue weighted by Gasteiger charge is 2.16. The Morgan fingerprint density at radius 3 is 2.65 bits per heavy atom. The second-order valence-electron chi connectivity index (χ2n) is 6.09. The summed E-state index contributed by atoms with van der Waals surface area (Å²) in [5.74, 6) is -0.614. The molecule has 0 aliphatic heterocycles. The van der Waals surface area contributed by atoms with Crippen molar-refractivity contribution in [3.05, 3.63) is 39.9 Å². The van der Waals surface area contributed by atoms with Gasteiger partial charge in [-0.05, 0) is 39.0 Å². The van der Waals surface area contributed by atoms with Gasteiger partial charge in [0.15, 0.2) is 0 Å². The molecule has 122 valence electrons. The molecule has 0 unspecified atom stereocenters. The number of halogens is 1. The van der Waals surface area contributed by atoms with Crippen molar-refractivity contribution < 1.29 is 9.59 Å². The zero-order valence-electron chi connectivity index (χ0n) is 13.0. The van der Waals surface area contributed by atoms with E-state index in [-0.39, 0.29) is 6.54 Å². The minimum absolute atomic E-state index is 0.312. The van der Waals surface area contributed by atoms with Crippen molar-refractivity contribution in [1.29, 1.82) is 0 Å². The first kappa shape index (κ1) is 17.0. The van der Waals surface area contributed by atoms with Gasteiger partial charge in [0.1, 0.15) is 6.54 Å². The molecule has 0 aliphatic rings. The van der Waals surface area contributed by atoms with Gasteiger partial charge in [-0.25, -0.2) is 9.78 Å². The van der Waals surface area contributed by atoms with Crippen LogP contribution in [-0.4, -0.2) is 27.0 Å². The molecule has 2 rings (SSSR count). The van der Waals surface area contributed by atoms with Gasteiger partial charge in [-0.3, -0.25) is 19.5 Å². The van der Waals surface area contributed by atoms with Gasteiger partial charge in [-0.1, -0.05) is 11.6 Å². The summed E-state index contributed by atoms with van der Waals surface area (Å²) in [7, 11) is 0. The van der Waals surface area contributed by atoms with Gasteiger partial charge in [0, 0.05) is 10.6 Å². The van der Waals surface area contributed by atoms with Gasteiger partial charge in [0.05, 0.1) is 17.2 Å². The number of fused-ring (bicyclic) bond motifs is 1. The first-order valence-electron chi connectivity index (χ1n) is 6.92. The van der Waals surface area contributed by atoms with Crippen LogP contribution in [0, 0.1) is 0 Å². The van der Waals surface area contributed by atoms with Crippen LogP contribution in [0.3, 0.4) is 0 Å². The smallest absolute Gasteiger partial charge is 0.321 e. The highest BCUT2D eigenvalue weighted by Crippen LogP contribution is 2.13. The van der Waals surface area contributed by atoms with E-state index in [0.29, 0.717) is 15.9 Å². The average molecular weight is 337 g/mol. The first-order chi connectivity index (χ1) is 10.7. The third-order valence-electron chi connectivity index (χ3n) is 2.84. The van der Waals surface area contributed by atoms with E-state index in [1.807, 2.05) is 0 Å². The molecule has 2 N–H and O–H groups in total. The summed E-state index contributed by atoms with van der Waals surface area (Å²) in [6, 6.07) is 4.13. The van der Waals surface area contributed by atoms with Crippen LogP contribution < -0.4 is 16.2 Å². The second-order valence-corrected chi connectivity index (χ2v) is 6.53. The maximum atomic E-state index is 12.3. The Morgan fingerprint density at radius 1 is 1.30 bits per heavy atom. The van der Waals surface area contributed by atoms with E-state index in [9.17, 15) is 14.4 Å². The Kier molecular flexibility index (Phi) is 4.70. The topological polar surface area (TPSA) is 93.1 Å². The van der Waals surface area contributed by atoms with Crippen molar-refractivity contribution in [3.8, 4) is 0 Å². The molecule has 8 heteroatoms. The standard InChI is InChI=1S/C15H17ClN4O3/c1-15(2,3)19-14(23)18-12(21)7-20-8-17-11-5-4-9(16)6-10(11)13(20)22/h4-6,8H,7H2,1-3H3,(H2,18,19,21,23). The Morgan fingerprint density at radius 2 is 2.00 bits per heavy atom. The fraction of sp³-hybridized carbons (Fsp3) is 0.333. The Bertz CT molecular complexity index is 824.